The standard InChI is InChI=1S/C15H11F4NO.2ClH.Ti/c1-9-3-2-4-10(14(9)21)8-20-13-7-11(16)5-6-12(13)15(17,18)19;;;/h2-8,21H,1H3;2*1H;/q;;;+2/p-2. The molecule has 0 aromatic heterocycles. The Hall–Kier alpha value is -1.08. The van der Waals surface area contributed by atoms with Gasteiger partial charge in [0.1, 0.15) is 11.6 Å². The number of alkyl halides is 3. The number of aliphatic imine (C=N–C) groups is 1. The van der Waals surface area contributed by atoms with E-state index in [1.807, 2.05) is 0 Å². The summed E-state index contributed by atoms with van der Waals surface area (Å²) in [7, 11) is 9.78. The van der Waals surface area contributed by atoms with Gasteiger partial charge in [0.15, 0.2) is 0 Å². The quantitative estimate of drug-likeness (QED) is 0.365. The molecule has 0 bridgehead atoms. The van der Waals surface area contributed by atoms with E-state index in [0.717, 1.165) is 12.3 Å². The van der Waals surface area contributed by atoms with Gasteiger partial charge in [0, 0.05) is 17.8 Å². The molecule has 9 heteroatoms. The Morgan fingerprint density at radius 2 is 1.79 bits per heavy atom. The van der Waals surface area contributed by atoms with Crippen LogP contribution in [0.5, 0.6) is 5.75 Å². The van der Waals surface area contributed by atoms with Crippen LogP contribution in [0.1, 0.15) is 16.7 Å². The van der Waals surface area contributed by atoms with E-state index in [1.54, 1.807) is 19.1 Å². The maximum absolute atomic E-state index is 13.1. The topological polar surface area (TPSA) is 32.6 Å². The number of aryl methyl sites for hydroxylation is 1. The van der Waals surface area contributed by atoms with E-state index in [2.05, 4.69) is 4.99 Å². The minimum absolute atomic E-state index is 0.0776. The SMILES string of the molecule is Cc1cccc(C=Nc2cc(F)ccc2C(F)(F)F)c1O.[Cl][Ti][Cl]. The molecule has 0 unspecified atom stereocenters. The first-order valence-electron chi connectivity index (χ1n) is 6.36. The maximum atomic E-state index is 13.1. The molecule has 0 atom stereocenters. The van der Waals surface area contributed by atoms with Crippen LogP contribution in [0, 0.1) is 12.7 Å². The number of hydrogen-bond donors (Lipinski definition) is 1. The van der Waals surface area contributed by atoms with E-state index < -0.39 is 40.3 Å². The molecule has 0 aliphatic rings. The molecule has 0 heterocycles. The summed E-state index contributed by atoms with van der Waals surface area (Å²) >= 11 is -0.556. The molecule has 0 saturated carbocycles. The summed E-state index contributed by atoms with van der Waals surface area (Å²) in [6.07, 6.45) is -3.55. The number of phenols is 1. The van der Waals surface area contributed by atoms with E-state index >= 15 is 0 Å². The van der Waals surface area contributed by atoms with Gasteiger partial charge < -0.3 is 5.11 Å². The van der Waals surface area contributed by atoms with Gasteiger partial charge in [-0.15, -0.1) is 0 Å². The van der Waals surface area contributed by atoms with Crippen molar-refractivity contribution < 1.29 is 39.7 Å². The summed E-state index contributed by atoms with van der Waals surface area (Å²) in [5.74, 6) is -0.894. The summed E-state index contributed by atoms with van der Waals surface area (Å²) in [5.41, 5.74) is -0.752. The zero-order valence-electron chi connectivity index (χ0n) is 12.2. The van der Waals surface area contributed by atoms with Gasteiger partial charge in [0.2, 0.25) is 0 Å². The second-order valence-electron chi connectivity index (χ2n) is 4.50. The Bertz CT molecular complexity index is 723. The average molecular weight is 416 g/mol. The van der Waals surface area contributed by atoms with Crippen molar-refractivity contribution in [2.75, 3.05) is 0 Å². The van der Waals surface area contributed by atoms with Crippen molar-refractivity contribution in [1.82, 2.24) is 0 Å². The van der Waals surface area contributed by atoms with Crippen LogP contribution in [0.15, 0.2) is 41.4 Å². The number of para-hydroxylation sites is 1. The molecule has 128 valence electrons. The summed E-state index contributed by atoms with van der Waals surface area (Å²) in [6.45, 7) is 1.65. The molecule has 2 aromatic carbocycles. The van der Waals surface area contributed by atoms with E-state index in [-0.39, 0.29) is 11.3 Å². The van der Waals surface area contributed by atoms with Crippen LogP contribution in [-0.2, 0) is 23.2 Å². The molecule has 2 rings (SSSR count). The van der Waals surface area contributed by atoms with Gasteiger partial charge in [-0.05, 0) is 30.7 Å². The Kier molecular flexibility index (Phi) is 8.23. The fraction of sp³-hybridized carbons (Fsp3) is 0.133. The minimum atomic E-state index is -4.63. The third-order valence-corrected chi connectivity index (χ3v) is 2.88. The molecule has 0 aliphatic heterocycles. The van der Waals surface area contributed by atoms with Gasteiger partial charge in [-0.1, -0.05) is 12.1 Å². The van der Waals surface area contributed by atoms with Crippen LogP contribution >= 0.6 is 18.6 Å². The first-order chi connectivity index (χ1) is 11.2. The Morgan fingerprint density at radius 3 is 2.38 bits per heavy atom. The van der Waals surface area contributed by atoms with E-state index in [9.17, 15) is 22.7 Å². The van der Waals surface area contributed by atoms with Gasteiger partial charge in [-0.3, -0.25) is 4.99 Å². The second-order valence-corrected chi connectivity index (χ2v) is 7.08. The first-order valence-corrected chi connectivity index (χ1v) is 10.7. The van der Waals surface area contributed by atoms with Crippen LogP contribution in [0.25, 0.3) is 0 Å². The third kappa shape index (κ3) is 6.09. The van der Waals surface area contributed by atoms with Crippen molar-refractivity contribution >= 4 is 30.5 Å². The van der Waals surface area contributed by atoms with Crippen LogP contribution < -0.4 is 0 Å². The van der Waals surface area contributed by atoms with Gasteiger partial charge >= 0.3 is 41.8 Å². The van der Waals surface area contributed by atoms with Crippen LogP contribution in [0.4, 0.5) is 23.2 Å². The van der Waals surface area contributed by atoms with E-state index in [0.29, 0.717) is 17.7 Å². The molecule has 0 saturated heterocycles. The molecule has 0 radical (unpaired) electrons. The fourth-order valence-corrected chi connectivity index (χ4v) is 1.78. The summed E-state index contributed by atoms with van der Waals surface area (Å²) < 4.78 is 51.5. The number of phenolic OH excluding ortho intramolecular Hbond substituents is 1. The van der Waals surface area contributed by atoms with Crippen molar-refractivity contribution in [2.24, 2.45) is 4.99 Å². The Balaban J connectivity index is 0.000000891. The number of aromatic hydroxyl groups is 1. The van der Waals surface area contributed by atoms with Gasteiger partial charge in [-0.2, -0.15) is 13.2 Å². The predicted molar refractivity (Wildman–Crippen MR) is 83.2 cm³/mol. The zero-order valence-corrected chi connectivity index (χ0v) is 15.3. The number of benzene rings is 2. The predicted octanol–water partition coefficient (Wildman–Crippen LogP) is 5.99. The zero-order chi connectivity index (χ0) is 18.3. The number of halogens is 6. The van der Waals surface area contributed by atoms with Crippen LogP contribution in [0.2, 0.25) is 0 Å². The first kappa shape index (κ1) is 21.0. The normalized spacial score (nSPS) is 11.1. The van der Waals surface area contributed by atoms with E-state index in [1.165, 1.54) is 6.07 Å². The Morgan fingerprint density at radius 1 is 1.17 bits per heavy atom. The molecule has 0 fully saturated rings. The summed E-state index contributed by atoms with van der Waals surface area (Å²) in [6, 6.07) is 6.84. The van der Waals surface area contributed by atoms with E-state index in [4.69, 9.17) is 18.6 Å². The summed E-state index contributed by atoms with van der Waals surface area (Å²) in [5, 5.41) is 9.77. The molecule has 1 N–H and O–H groups in total. The average Bonchev–Trinajstić information content (AvgIpc) is 2.48. The van der Waals surface area contributed by atoms with Crippen molar-refractivity contribution in [3.63, 3.8) is 0 Å². The van der Waals surface area contributed by atoms with Crippen molar-refractivity contribution in [2.45, 2.75) is 13.1 Å². The monoisotopic (exact) mass is 415 g/mol. The molecule has 0 spiro atoms. The number of rotatable bonds is 2. The molecule has 24 heavy (non-hydrogen) atoms. The molecule has 2 aromatic rings. The van der Waals surface area contributed by atoms with Gasteiger partial charge in [0.05, 0.1) is 11.3 Å². The number of hydrogen-bond acceptors (Lipinski definition) is 2. The molecular weight excluding hydrogens is 405 g/mol. The fourth-order valence-electron chi connectivity index (χ4n) is 1.78. The van der Waals surface area contributed by atoms with Crippen LogP contribution in [-0.4, -0.2) is 11.3 Å². The third-order valence-electron chi connectivity index (χ3n) is 2.88. The van der Waals surface area contributed by atoms with Crippen LogP contribution in [0.3, 0.4) is 0 Å². The molecule has 0 amide bonds. The van der Waals surface area contributed by atoms with Gasteiger partial charge in [0.25, 0.3) is 0 Å². The molecular formula is C15H11Cl2F4NOTi. The van der Waals surface area contributed by atoms with Crippen molar-refractivity contribution in [3.05, 3.63) is 58.9 Å². The molecule has 0 aliphatic carbocycles. The molecule has 2 nitrogen and oxygen atoms in total. The van der Waals surface area contributed by atoms with Crippen molar-refractivity contribution in [3.8, 4) is 5.75 Å². The van der Waals surface area contributed by atoms with Crippen molar-refractivity contribution in [1.29, 1.82) is 0 Å². The second kappa shape index (κ2) is 9.42. The Labute approximate surface area is 152 Å². The summed E-state index contributed by atoms with van der Waals surface area (Å²) in [4.78, 5) is 3.66. The van der Waals surface area contributed by atoms with Gasteiger partial charge in [-0.25, -0.2) is 4.39 Å². The number of nitrogens with zero attached hydrogens (tertiary/aromatic N) is 1.